The minimum atomic E-state index is 0.143. The van der Waals surface area contributed by atoms with E-state index in [-0.39, 0.29) is 17.7 Å². The van der Waals surface area contributed by atoms with Crippen molar-refractivity contribution in [3.63, 3.8) is 0 Å². The largest absolute Gasteiger partial charge is 0.346 e. The number of nitrogens with zero attached hydrogens (tertiary/aromatic N) is 2. The van der Waals surface area contributed by atoms with Crippen LogP contribution in [-0.2, 0) is 9.59 Å². The summed E-state index contributed by atoms with van der Waals surface area (Å²) in [5.41, 5.74) is 0. The Hall–Kier alpha value is -1.06. The molecule has 0 saturated carbocycles. The molecule has 2 unspecified atom stereocenters. The predicted molar refractivity (Wildman–Crippen MR) is 107 cm³/mol. The van der Waals surface area contributed by atoms with Crippen LogP contribution in [0.5, 0.6) is 0 Å². The Bertz CT molecular complexity index is 371. The van der Waals surface area contributed by atoms with Gasteiger partial charge in [0, 0.05) is 38.5 Å². The van der Waals surface area contributed by atoms with Crippen LogP contribution in [0.4, 0.5) is 0 Å². The minimum Gasteiger partial charge on any atom is -0.346 e. The molecular formula is C21H42N2O2. The van der Waals surface area contributed by atoms with E-state index >= 15 is 0 Å². The number of carbonyl (C=O) groups is 2. The highest BCUT2D eigenvalue weighted by atomic mass is 16.2. The Labute approximate surface area is 156 Å². The highest BCUT2D eigenvalue weighted by Gasteiger charge is 2.22. The van der Waals surface area contributed by atoms with Crippen LogP contribution in [0, 0.1) is 11.8 Å². The standard InChI is InChI=1S/C21H42N2O2/c1-7-14-18(9-3)21(25)23(11-5)17-13-12-16-19(15-8-2)20(24)22(6)10-4/h18-19H,7-17H2,1-6H3. The quantitative estimate of drug-likeness (QED) is 0.423. The third kappa shape index (κ3) is 8.73. The maximum absolute atomic E-state index is 12.6. The number of hydrogen-bond donors (Lipinski definition) is 0. The molecule has 2 amide bonds. The monoisotopic (exact) mass is 354 g/mol. The van der Waals surface area contributed by atoms with E-state index in [4.69, 9.17) is 0 Å². The molecular weight excluding hydrogens is 312 g/mol. The Morgan fingerprint density at radius 1 is 0.760 bits per heavy atom. The molecule has 4 heteroatoms. The summed E-state index contributed by atoms with van der Waals surface area (Å²) >= 11 is 0. The lowest BCUT2D eigenvalue weighted by Crippen LogP contribution is -2.37. The lowest BCUT2D eigenvalue weighted by Gasteiger charge is -2.26. The summed E-state index contributed by atoms with van der Waals surface area (Å²) in [7, 11) is 1.89. The lowest BCUT2D eigenvalue weighted by atomic mass is 9.95. The van der Waals surface area contributed by atoms with Gasteiger partial charge in [0.05, 0.1) is 0 Å². The van der Waals surface area contributed by atoms with E-state index in [9.17, 15) is 9.59 Å². The van der Waals surface area contributed by atoms with Gasteiger partial charge in [0.2, 0.25) is 11.8 Å². The molecule has 0 aromatic carbocycles. The molecule has 0 aromatic heterocycles. The SMILES string of the molecule is CCCC(CCCCN(CC)C(=O)C(CC)CCC)C(=O)N(C)CC. The summed E-state index contributed by atoms with van der Waals surface area (Å²) in [6.07, 6.45) is 7.94. The molecule has 0 radical (unpaired) electrons. The van der Waals surface area contributed by atoms with Crippen LogP contribution in [-0.4, -0.2) is 48.3 Å². The second-order valence-electron chi connectivity index (χ2n) is 7.15. The Balaban J connectivity index is 4.44. The fourth-order valence-electron chi connectivity index (χ4n) is 3.43. The zero-order valence-electron chi connectivity index (χ0n) is 17.6. The molecule has 0 aliphatic heterocycles. The van der Waals surface area contributed by atoms with Crippen LogP contribution in [0.15, 0.2) is 0 Å². The van der Waals surface area contributed by atoms with Gasteiger partial charge in [-0.05, 0) is 46.0 Å². The summed E-state index contributed by atoms with van der Waals surface area (Å²) in [5.74, 6) is 0.919. The molecule has 0 bridgehead atoms. The second kappa shape index (κ2) is 14.1. The summed E-state index contributed by atoms with van der Waals surface area (Å²) in [6.45, 7) is 12.9. The van der Waals surface area contributed by atoms with E-state index in [1.165, 1.54) is 0 Å². The van der Waals surface area contributed by atoms with Crippen LogP contribution < -0.4 is 0 Å². The van der Waals surface area contributed by atoms with E-state index in [2.05, 4.69) is 27.7 Å². The molecule has 0 spiro atoms. The molecule has 0 aliphatic carbocycles. The highest BCUT2D eigenvalue weighted by Crippen LogP contribution is 2.19. The first-order chi connectivity index (χ1) is 12.0. The Morgan fingerprint density at radius 3 is 1.84 bits per heavy atom. The molecule has 0 N–H and O–H groups in total. The average molecular weight is 355 g/mol. The summed E-state index contributed by atoms with van der Waals surface area (Å²) < 4.78 is 0. The van der Waals surface area contributed by atoms with Crippen molar-refractivity contribution in [1.29, 1.82) is 0 Å². The average Bonchev–Trinajstić information content (AvgIpc) is 2.63. The number of amides is 2. The van der Waals surface area contributed by atoms with Gasteiger partial charge in [0.1, 0.15) is 0 Å². The number of unbranched alkanes of at least 4 members (excludes halogenated alkanes) is 1. The van der Waals surface area contributed by atoms with Crippen LogP contribution in [0.3, 0.4) is 0 Å². The highest BCUT2D eigenvalue weighted by molar-refractivity contribution is 5.79. The third-order valence-electron chi connectivity index (χ3n) is 5.24. The third-order valence-corrected chi connectivity index (χ3v) is 5.24. The predicted octanol–water partition coefficient (Wildman–Crippen LogP) is 4.73. The zero-order chi connectivity index (χ0) is 19.2. The van der Waals surface area contributed by atoms with Crippen LogP contribution in [0.25, 0.3) is 0 Å². The van der Waals surface area contributed by atoms with Crippen LogP contribution >= 0.6 is 0 Å². The van der Waals surface area contributed by atoms with Crippen LogP contribution in [0.2, 0.25) is 0 Å². The summed E-state index contributed by atoms with van der Waals surface area (Å²) in [5, 5.41) is 0. The van der Waals surface area contributed by atoms with Crippen molar-refractivity contribution in [1.82, 2.24) is 9.80 Å². The van der Waals surface area contributed by atoms with E-state index in [0.29, 0.717) is 5.91 Å². The minimum absolute atomic E-state index is 0.143. The van der Waals surface area contributed by atoms with Crippen molar-refractivity contribution in [2.45, 2.75) is 86.0 Å². The van der Waals surface area contributed by atoms with Gasteiger partial charge in [-0.25, -0.2) is 0 Å². The molecule has 0 fully saturated rings. The smallest absolute Gasteiger partial charge is 0.225 e. The topological polar surface area (TPSA) is 40.6 Å². The number of rotatable bonds is 14. The van der Waals surface area contributed by atoms with Crippen molar-refractivity contribution in [3.05, 3.63) is 0 Å². The van der Waals surface area contributed by atoms with Crippen molar-refractivity contribution in [2.24, 2.45) is 11.8 Å². The van der Waals surface area contributed by atoms with Gasteiger partial charge < -0.3 is 9.80 Å². The summed E-state index contributed by atoms with van der Waals surface area (Å²) in [6, 6.07) is 0. The van der Waals surface area contributed by atoms with Crippen molar-refractivity contribution < 1.29 is 9.59 Å². The molecule has 0 saturated heterocycles. The van der Waals surface area contributed by atoms with Crippen molar-refractivity contribution >= 4 is 11.8 Å². The molecule has 2 atom stereocenters. The molecule has 0 aliphatic rings. The molecule has 148 valence electrons. The molecule has 4 nitrogen and oxygen atoms in total. The Kier molecular flexibility index (Phi) is 13.5. The molecule has 0 aromatic rings. The maximum atomic E-state index is 12.6. The van der Waals surface area contributed by atoms with E-state index in [1.54, 1.807) is 0 Å². The van der Waals surface area contributed by atoms with Gasteiger partial charge in [-0.3, -0.25) is 9.59 Å². The van der Waals surface area contributed by atoms with E-state index in [1.807, 2.05) is 23.8 Å². The first-order valence-corrected chi connectivity index (χ1v) is 10.5. The van der Waals surface area contributed by atoms with Gasteiger partial charge in [-0.1, -0.05) is 40.0 Å². The zero-order valence-corrected chi connectivity index (χ0v) is 17.6. The van der Waals surface area contributed by atoms with Crippen molar-refractivity contribution in [3.8, 4) is 0 Å². The normalized spacial score (nSPS) is 13.4. The van der Waals surface area contributed by atoms with Gasteiger partial charge in [0.15, 0.2) is 0 Å². The lowest BCUT2D eigenvalue weighted by molar-refractivity contribution is -0.136. The molecule has 0 rings (SSSR count). The van der Waals surface area contributed by atoms with Gasteiger partial charge in [-0.15, -0.1) is 0 Å². The first kappa shape index (κ1) is 23.9. The molecule has 0 heterocycles. The second-order valence-corrected chi connectivity index (χ2v) is 7.15. The molecule has 25 heavy (non-hydrogen) atoms. The van der Waals surface area contributed by atoms with Gasteiger partial charge >= 0.3 is 0 Å². The van der Waals surface area contributed by atoms with Crippen molar-refractivity contribution in [2.75, 3.05) is 26.7 Å². The van der Waals surface area contributed by atoms with E-state index in [0.717, 1.165) is 71.0 Å². The number of hydrogen-bond acceptors (Lipinski definition) is 2. The fraction of sp³-hybridized carbons (Fsp3) is 0.905. The number of carbonyl (C=O) groups excluding carboxylic acids is 2. The van der Waals surface area contributed by atoms with Gasteiger partial charge in [0.25, 0.3) is 0 Å². The first-order valence-electron chi connectivity index (χ1n) is 10.5. The summed E-state index contributed by atoms with van der Waals surface area (Å²) in [4.78, 5) is 28.9. The Morgan fingerprint density at radius 2 is 1.36 bits per heavy atom. The van der Waals surface area contributed by atoms with E-state index < -0.39 is 0 Å². The van der Waals surface area contributed by atoms with Crippen LogP contribution in [0.1, 0.15) is 86.0 Å². The van der Waals surface area contributed by atoms with Gasteiger partial charge in [-0.2, -0.15) is 0 Å². The maximum Gasteiger partial charge on any atom is 0.225 e. The fourth-order valence-corrected chi connectivity index (χ4v) is 3.43.